The summed E-state index contributed by atoms with van der Waals surface area (Å²) in [5.41, 5.74) is 3.55. The van der Waals surface area contributed by atoms with Crippen LogP contribution in [-0.4, -0.2) is 51.0 Å². The number of nitro benzene ring substituents is 1. The molecule has 0 aliphatic carbocycles. The molecule has 1 amide bonds. The van der Waals surface area contributed by atoms with Crippen LogP contribution in [0.15, 0.2) is 48.5 Å². The topological polar surface area (TPSA) is 137 Å². The number of rotatable bonds is 8. The molecule has 172 valence electrons. The summed E-state index contributed by atoms with van der Waals surface area (Å²) in [6.07, 6.45) is 2.61. The Kier molecular flexibility index (Phi) is 6.66. The lowest BCUT2D eigenvalue weighted by atomic mass is 9.90. The number of aliphatic carboxylic acids is 1. The number of nitrogens with zero attached hydrogens (tertiary/aromatic N) is 1. The summed E-state index contributed by atoms with van der Waals surface area (Å²) in [7, 11) is 0. The fourth-order valence-electron chi connectivity index (χ4n) is 4.22. The maximum atomic E-state index is 13.1. The van der Waals surface area contributed by atoms with Crippen LogP contribution in [0.4, 0.5) is 5.69 Å². The second kappa shape index (κ2) is 9.63. The zero-order valence-corrected chi connectivity index (χ0v) is 18.7. The molecule has 4 rings (SSSR count). The summed E-state index contributed by atoms with van der Waals surface area (Å²) in [5.74, 6) is -0.827. The summed E-state index contributed by atoms with van der Waals surface area (Å²) in [4.78, 5) is 38.8. The molecule has 0 saturated carbocycles. The molecule has 1 aromatic heterocycles. The van der Waals surface area contributed by atoms with E-state index in [1.165, 1.54) is 23.9 Å². The molecular weight excluding hydrogens is 444 g/mol. The fraction of sp³-hybridized carbons (Fsp3) is 0.304. The van der Waals surface area contributed by atoms with Crippen LogP contribution < -0.4 is 10.6 Å². The van der Waals surface area contributed by atoms with Gasteiger partial charge in [-0.25, -0.2) is 4.79 Å². The van der Waals surface area contributed by atoms with Gasteiger partial charge in [0.1, 0.15) is 6.04 Å². The lowest BCUT2D eigenvalue weighted by Gasteiger charge is -2.31. The minimum Gasteiger partial charge on any atom is -0.480 e. The monoisotopic (exact) mass is 468 g/mol. The third-order valence-corrected chi connectivity index (χ3v) is 6.53. The van der Waals surface area contributed by atoms with Crippen LogP contribution >= 0.6 is 11.8 Å². The van der Waals surface area contributed by atoms with Gasteiger partial charge in [-0.05, 0) is 42.0 Å². The van der Waals surface area contributed by atoms with Gasteiger partial charge in [-0.15, -0.1) is 0 Å². The Hall–Kier alpha value is -3.37. The van der Waals surface area contributed by atoms with Crippen molar-refractivity contribution in [3.05, 3.63) is 75.5 Å². The molecule has 0 saturated heterocycles. The van der Waals surface area contributed by atoms with E-state index in [1.54, 1.807) is 12.1 Å². The van der Waals surface area contributed by atoms with E-state index >= 15 is 0 Å². The van der Waals surface area contributed by atoms with Gasteiger partial charge in [-0.1, -0.05) is 30.3 Å². The van der Waals surface area contributed by atoms with Crippen LogP contribution in [0.1, 0.15) is 29.3 Å². The molecule has 10 heteroatoms. The number of aromatic nitrogens is 1. The van der Waals surface area contributed by atoms with Gasteiger partial charge < -0.3 is 15.4 Å². The van der Waals surface area contributed by atoms with Gasteiger partial charge in [0.25, 0.3) is 5.69 Å². The Bertz CT molecular complexity index is 1190. The Labute approximate surface area is 194 Å². The molecule has 2 aromatic carbocycles. The van der Waals surface area contributed by atoms with Gasteiger partial charge in [0.15, 0.2) is 0 Å². The third-order valence-electron chi connectivity index (χ3n) is 5.89. The molecule has 0 fully saturated rings. The predicted molar refractivity (Wildman–Crippen MR) is 126 cm³/mol. The maximum absolute atomic E-state index is 13.1. The number of fused-ring (bicyclic) bond motifs is 3. The van der Waals surface area contributed by atoms with E-state index in [2.05, 4.69) is 15.6 Å². The summed E-state index contributed by atoms with van der Waals surface area (Å²) in [6, 6.07) is 12.0. The molecule has 0 radical (unpaired) electrons. The van der Waals surface area contributed by atoms with Crippen LogP contribution in [0.3, 0.4) is 0 Å². The lowest BCUT2D eigenvalue weighted by Crippen LogP contribution is -2.53. The Morgan fingerprint density at radius 3 is 2.64 bits per heavy atom. The number of thioether (sulfide) groups is 1. The van der Waals surface area contributed by atoms with Crippen LogP contribution in [0.25, 0.3) is 10.9 Å². The van der Waals surface area contributed by atoms with Gasteiger partial charge in [0.2, 0.25) is 5.91 Å². The van der Waals surface area contributed by atoms with Crippen LogP contribution in [-0.2, 0) is 16.0 Å². The number of para-hydroxylation sites is 1. The molecule has 3 aromatic rings. The molecule has 4 N–H and O–H groups in total. The summed E-state index contributed by atoms with van der Waals surface area (Å²) < 4.78 is 0. The first kappa shape index (κ1) is 22.8. The fourth-order valence-corrected chi connectivity index (χ4v) is 4.69. The van der Waals surface area contributed by atoms with E-state index in [9.17, 15) is 24.8 Å². The van der Waals surface area contributed by atoms with Crippen molar-refractivity contribution in [3.63, 3.8) is 0 Å². The highest BCUT2D eigenvalue weighted by Gasteiger charge is 2.35. The van der Waals surface area contributed by atoms with Crippen molar-refractivity contribution >= 4 is 40.2 Å². The number of carbonyl (C=O) groups excluding carboxylic acids is 1. The highest BCUT2D eigenvalue weighted by Crippen LogP contribution is 2.35. The third kappa shape index (κ3) is 4.71. The number of carboxylic acid groups (broad SMARTS) is 1. The number of non-ortho nitro benzene ring substituents is 1. The van der Waals surface area contributed by atoms with Crippen LogP contribution in [0.5, 0.6) is 0 Å². The van der Waals surface area contributed by atoms with Crippen molar-refractivity contribution in [3.8, 4) is 0 Å². The molecule has 2 heterocycles. The predicted octanol–water partition coefficient (Wildman–Crippen LogP) is 3.00. The molecule has 1 aliphatic rings. The highest BCUT2D eigenvalue weighted by atomic mass is 32.2. The first-order valence-electron chi connectivity index (χ1n) is 10.5. The van der Waals surface area contributed by atoms with Gasteiger partial charge in [-0.2, -0.15) is 11.8 Å². The SMILES string of the molecule is CSCC[C@H](NC(=O)[C@@H]1Cc2c([nH]c3ccccc23)[C@@H](c2ccc([N+](=O)[O-])cc2)N1)C(=O)O. The van der Waals surface area contributed by atoms with Gasteiger partial charge in [-0.3, -0.25) is 20.2 Å². The summed E-state index contributed by atoms with van der Waals surface area (Å²) in [5, 5.41) is 27.6. The van der Waals surface area contributed by atoms with Gasteiger partial charge >= 0.3 is 5.97 Å². The second-order valence-electron chi connectivity index (χ2n) is 7.95. The van der Waals surface area contributed by atoms with Gasteiger partial charge in [0, 0.05) is 28.7 Å². The molecule has 0 unspecified atom stereocenters. The van der Waals surface area contributed by atoms with Crippen molar-refractivity contribution in [2.24, 2.45) is 0 Å². The average Bonchev–Trinajstić information content (AvgIpc) is 3.19. The normalized spacial score (nSPS) is 18.5. The number of nitrogens with one attached hydrogen (secondary N) is 3. The number of benzene rings is 2. The number of aromatic amines is 1. The van der Waals surface area contributed by atoms with E-state index in [0.717, 1.165) is 27.7 Å². The molecule has 33 heavy (non-hydrogen) atoms. The quantitative estimate of drug-likeness (QED) is 0.295. The summed E-state index contributed by atoms with van der Waals surface area (Å²) >= 11 is 1.52. The Balaban J connectivity index is 1.68. The number of nitro groups is 1. The number of hydrogen-bond acceptors (Lipinski definition) is 6. The second-order valence-corrected chi connectivity index (χ2v) is 8.93. The van der Waals surface area contributed by atoms with E-state index in [1.807, 2.05) is 30.5 Å². The van der Waals surface area contributed by atoms with Gasteiger partial charge in [0.05, 0.1) is 17.0 Å². The van der Waals surface area contributed by atoms with E-state index in [0.29, 0.717) is 18.6 Å². The number of amides is 1. The van der Waals surface area contributed by atoms with E-state index in [-0.39, 0.29) is 11.6 Å². The molecule has 0 spiro atoms. The van der Waals surface area contributed by atoms with Crippen molar-refractivity contribution in [2.45, 2.75) is 31.0 Å². The zero-order chi connectivity index (χ0) is 23.5. The molecule has 0 bridgehead atoms. The number of hydrogen-bond donors (Lipinski definition) is 4. The van der Waals surface area contributed by atoms with Crippen molar-refractivity contribution in [2.75, 3.05) is 12.0 Å². The minimum absolute atomic E-state index is 0.0150. The van der Waals surface area contributed by atoms with Crippen molar-refractivity contribution < 1.29 is 19.6 Å². The zero-order valence-electron chi connectivity index (χ0n) is 17.9. The van der Waals surface area contributed by atoms with E-state index in [4.69, 9.17) is 0 Å². The van der Waals surface area contributed by atoms with Crippen LogP contribution in [0.2, 0.25) is 0 Å². The molecule has 1 aliphatic heterocycles. The minimum atomic E-state index is -1.06. The largest absolute Gasteiger partial charge is 0.480 e. The first-order valence-corrected chi connectivity index (χ1v) is 11.9. The van der Waals surface area contributed by atoms with Crippen LogP contribution in [0, 0.1) is 10.1 Å². The smallest absolute Gasteiger partial charge is 0.326 e. The van der Waals surface area contributed by atoms with E-state index < -0.39 is 29.0 Å². The standard InChI is InChI=1S/C23H24N4O5S/c1-33-11-10-18(23(29)30)26-22(28)19-12-16-15-4-2-3-5-17(15)24-21(16)20(25-19)13-6-8-14(9-7-13)27(31)32/h2-9,18-20,24-25H,10-12H2,1H3,(H,26,28)(H,29,30)/t18-,19-,20+/m0/s1. The van der Waals surface area contributed by atoms with Crippen molar-refractivity contribution in [1.82, 2.24) is 15.6 Å². The molecular formula is C23H24N4O5S. The molecule has 9 nitrogen and oxygen atoms in total. The van der Waals surface area contributed by atoms with Crippen molar-refractivity contribution in [1.29, 1.82) is 0 Å². The highest BCUT2D eigenvalue weighted by molar-refractivity contribution is 7.98. The lowest BCUT2D eigenvalue weighted by molar-refractivity contribution is -0.384. The molecule has 3 atom stereocenters. The Morgan fingerprint density at radius 1 is 1.24 bits per heavy atom. The Morgan fingerprint density at radius 2 is 1.97 bits per heavy atom. The summed E-state index contributed by atoms with van der Waals surface area (Å²) in [6.45, 7) is 0. The number of carboxylic acids is 1. The number of carbonyl (C=O) groups is 2. The first-order chi connectivity index (χ1) is 15.9. The number of H-pyrrole nitrogens is 1. The average molecular weight is 469 g/mol. The maximum Gasteiger partial charge on any atom is 0.326 e.